The lowest BCUT2D eigenvalue weighted by atomic mass is 9.95. The molecule has 0 aliphatic heterocycles. The molecule has 1 aromatic heterocycles. The summed E-state index contributed by atoms with van der Waals surface area (Å²) in [6.45, 7) is 0. The standard InChI is InChI=1S/C18H20N2O3S2/c21-18(19-16-11-12-3-4-14(16)10-12)13-5-7-15(8-6-13)20-25(22,23)17-2-1-9-24-17/h1-2,5-9,12,14,16,20H,3-4,10-11H2,(H,19,21)/t12-,14-,16+/m1/s1. The summed E-state index contributed by atoms with van der Waals surface area (Å²) in [6.07, 6.45) is 4.86. The Labute approximate surface area is 151 Å². The number of benzene rings is 1. The summed E-state index contributed by atoms with van der Waals surface area (Å²) in [5, 5.41) is 4.86. The van der Waals surface area contributed by atoms with Gasteiger partial charge in [-0.25, -0.2) is 8.42 Å². The summed E-state index contributed by atoms with van der Waals surface area (Å²) >= 11 is 1.17. The highest BCUT2D eigenvalue weighted by Crippen LogP contribution is 2.44. The minimum atomic E-state index is -3.56. The van der Waals surface area contributed by atoms with Gasteiger partial charge in [-0.05, 0) is 66.8 Å². The maximum Gasteiger partial charge on any atom is 0.271 e. The number of amides is 1. The van der Waals surface area contributed by atoms with Crippen molar-refractivity contribution in [1.29, 1.82) is 0 Å². The van der Waals surface area contributed by atoms with Gasteiger partial charge >= 0.3 is 0 Å². The van der Waals surface area contributed by atoms with Crippen LogP contribution < -0.4 is 10.0 Å². The highest BCUT2D eigenvalue weighted by atomic mass is 32.2. The van der Waals surface area contributed by atoms with E-state index in [9.17, 15) is 13.2 Å². The molecule has 0 radical (unpaired) electrons. The Bertz CT molecular complexity index is 860. The van der Waals surface area contributed by atoms with Gasteiger partial charge in [0.25, 0.3) is 15.9 Å². The maximum absolute atomic E-state index is 12.4. The van der Waals surface area contributed by atoms with Gasteiger partial charge in [-0.2, -0.15) is 0 Å². The molecule has 132 valence electrons. The molecule has 4 rings (SSSR count). The highest BCUT2D eigenvalue weighted by Gasteiger charge is 2.40. The number of carbonyl (C=O) groups excluding carboxylic acids is 1. The van der Waals surface area contributed by atoms with Crippen LogP contribution in [0.2, 0.25) is 0 Å². The maximum atomic E-state index is 12.4. The predicted molar refractivity (Wildman–Crippen MR) is 98.3 cm³/mol. The van der Waals surface area contributed by atoms with Crippen LogP contribution in [0.5, 0.6) is 0 Å². The fourth-order valence-electron chi connectivity index (χ4n) is 3.98. The van der Waals surface area contributed by atoms with Crippen molar-refractivity contribution >= 4 is 33.0 Å². The molecule has 2 fully saturated rings. The lowest BCUT2D eigenvalue weighted by molar-refractivity contribution is 0.0923. The monoisotopic (exact) mass is 376 g/mol. The summed E-state index contributed by atoms with van der Waals surface area (Å²) in [4.78, 5) is 12.4. The number of hydrogen-bond donors (Lipinski definition) is 2. The first-order chi connectivity index (χ1) is 12.0. The first-order valence-corrected chi connectivity index (χ1v) is 10.8. The number of nitrogens with one attached hydrogen (secondary N) is 2. The van der Waals surface area contributed by atoms with Gasteiger partial charge in [-0.1, -0.05) is 12.5 Å². The van der Waals surface area contributed by atoms with E-state index in [0.717, 1.165) is 12.3 Å². The number of hydrogen-bond acceptors (Lipinski definition) is 4. The topological polar surface area (TPSA) is 75.3 Å². The van der Waals surface area contributed by atoms with Crippen LogP contribution in [-0.2, 0) is 10.0 Å². The van der Waals surface area contributed by atoms with Crippen molar-refractivity contribution in [3.63, 3.8) is 0 Å². The number of thiophene rings is 1. The summed E-state index contributed by atoms with van der Waals surface area (Å²) in [5.74, 6) is 1.33. The number of anilines is 1. The van der Waals surface area contributed by atoms with Crippen molar-refractivity contribution in [3.05, 3.63) is 47.3 Å². The Balaban J connectivity index is 1.41. The summed E-state index contributed by atoms with van der Waals surface area (Å²) in [5.41, 5.74) is 1.01. The Hall–Kier alpha value is -1.86. The molecular weight excluding hydrogens is 356 g/mol. The number of fused-ring (bicyclic) bond motifs is 2. The molecule has 2 N–H and O–H groups in total. The largest absolute Gasteiger partial charge is 0.349 e. The van der Waals surface area contributed by atoms with Gasteiger partial charge in [0.15, 0.2) is 0 Å². The van der Waals surface area contributed by atoms with E-state index in [4.69, 9.17) is 0 Å². The SMILES string of the molecule is O=C(N[C@H]1C[C@@H]2CC[C@@H]1C2)c1ccc(NS(=O)(=O)c2cccs2)cc1. The molecule has 1 amide bonds. The zero-order valence-electron chi connectivity index (χ0n) is 13.6. The van der Waals surface area contributed by atoms with Crippen molar-refractivity contribution in [3.8, 4) is 0 Å². The van der Waals surface area contributed by atoms with Crippen LogP contribution >= 0.6 is 11.3 Å². The van der Waals surface area contributed by atoms with Crippen molar-refractivity contribution in [2.24, 2.45) is 11.8 Å². The fourth-order valence-corrected chi connectivity index (χ4v) is 6.04. The molecule has 2 aromatic rings. The molecule has 2 bridgehead atoms. The number of sulfonamides is 1. The van der Waals surface area contributed by atoms with Crippen molar-refractivity contribution < 1.29 is 13.2 Å². The molecule has 5 nitrogen and oxygen atoms in total. The third kappa shape index (κ3) is 3.43. The minimum Gasteiger partial charge on any atom is -0.349 e. The van der Waals surface area contributed by atoms with Gasteiger partial charge in [-0.15, -0.1) is 11.3 Å². The van der Waals surface area contributed by atoms with E-state index in [1.165, 1.54) is 30.6 Å². The third-order valence-corrected chi connectivity index (χ3v) is 7.99. The normalized spacial score (nSPS) is 25.0. The Morgan fingerprint density at radius 1 is 1.08 bits per heavy atom. The van der Waals surface area contributed by atoms with Gasteiger partial charge in [0.2, 0.25) is 0 Å². The first kappa shape index (κ1) is 16.6. The Kier molecular flexibility index (Phi) is 4.29. The summed E-state index contributed by atoms with van der Waals surface area (Å²) < 4.78 is 27.2. The van der Waals surface area contributed by atoms with Gasteiger partial charge in [0.1, 0.15) is 4.21 Å². The van der Waals surface area contributed by atoms with Crippen LogP contribution in [-0.4, -0.2) is 20.4 Å². The van der Waals surface area contributed by atoms with Gasteiger partial charge < -0.3 is 5.32 Å². The molecule has 2 saturated carbocycles. The zero-order valence-corrected chi connectivity index (χ0v) is 15.3. The molecular formula is C18H20N2O3S2. The van der Waals surface area contributed by atoms with E-state index < -0.39 is 10.0 Å². The molecule has 0 unspecified atom stereocenters. The van der Waals surface area contributed by atoms with Gasteiger partial charge in [-0.3, -0.25) is 9.52 Å². The van der Waals surface area contributed by atoms with E-state index in [1.54, 1.807) is 41.8 Å². The summed E-state index contributed by atoms with van der Waals surface area (Å²) in [6, 6.07) is 10.1. The Morgan fingerprint density at radius 3 is 2.48 bits per heavy atom. The van der Waals surface area contributed by atoms with Crippen molar-refractivity contribution in [2.45, 2.75) is 35.9 Å². The second kappa shape index (κ2) is 6.46. The molecule has 7 heteroatoms. The van der Waals surface area contributed by atoms with Crippen LogP contribution in [0.4, 0.5) is 5.69 Å². The first-order valence-electron chi connectivity index (χ1n) is 8.48. The Morgan fingerprint density at radius 2 is 1.88 bits per heavy atom. The fraction of sp³-hybridized carbons (Fsp3) is 0.389. The van der Waals surface area contributed by atoms with E-state index >= 15 is 0 Å². The molecule has 25 heavy (non-hydrogen) atoms. The lowest BCUT2D eigenvalue weighted by Crippen LogP contribution is -2.38. The average Bonchev–Trinajstić information content (AvgIpc) is 3.33. The second-order valence-corrected chi connectivity index (χ2v) is 9.73. The molecule has 0 saturated heterocycles. The third-order valence-electron chi connectivity index (χ3n) is 5.21. The molecule has 3 atom stereocenters. The van der Waals surface area contributed by atoms with Crippen LogP contribution in [0.25, 0.3) is 0 Å². The number of rotatable bonds is 5. The molecule has 0 spiro atoms. The van der Waals surface area contributed by atoms with E-state index in [0.29, 0.717) is 23.2 Å². The van der Waals surface area contributed by atoms with Crippen molar-refractivity contribution in [1.82, 2.24) is 5.32 Å². The quantitative estimate of drug-likeness (QED) is 0.839. The lowest BCUT2D eigenvalue weighted by Gasteiger charge is -2.22. The van der Waals surface area contributed by atoms with E-state index in [2.05, 4.69) is 10.0 Å². The predicted octanol–water partition coefficient (Wildman–Crippen LogP) is 3.47. The summed E-state index contributed by atoms with van der Waals surface area (Å²) in [7, 11) is -3.56. The highest BCUT2D eigenvalue weighted by molar-refractivity contribution is 7.94. The van der Waals surface area contributed by atoms with Crippen molar-refractivity contribution in [2.75, 3.05) is 4.72 Å². The zero-order chi connectivity index (χ0) is 17.4. The molecule has 1 aromatic carbocycles. The molecule has 2 aliphatic rings. The van der Waals surface area contributed by atoms with Gasteiger partial charge in [0, 0.05) is 17.3 Å². The van der Waals surface area contributed by atoms with Crippen LogP contribution in [0.1, 0.15) is 36.0 Å². The smallest absolute Gasteiger partial charge is 0.271 e. The molecule has 2 aliphatic carbocycles. The van der Waals surface area contributed by atoms with Gasteiger partial charge in [0.05, 0.1) is 0 Å². The van der Waals surface area contributed by atoms with Crippen LogP contribution in [0, 0.1) is 11.8 Å². The number of carbonyl (C=O) groups is 1. The second-order valence-electron chi connectivity index (χ2n) is 6.87. The van der Waals surface area contributed by atoms with E-state index in [1.807, 2.05) is 0 Å². The average molecular weight is 377 g/mol. The molecule has 1 heterocycles. The van der Waals surface area contributed by atoms with E-state index in [-0.39, 0.29) is 10.1 Å². The van der Waals surface area contributed by atoms with Crippen LogP contribution in [0.15, 0.2) is 46.0 Å². The minimum absolute atomic E-state index is 0.0785. The van der Waals surface area contributed by atoms with Crippen LogP contribution in [0.3, 0.4) is 0 Å².